The minimum atomic E-state index is 1.17. The second-order valence-electron chi connectivity index (χ2n) is 2.09. The summed E-state index contributed by atoms with van der Waals surface area (Å²) in [5, 5.41) is 0. The SMILES string of the molecule is C=C.C=C(C)C.C=CC.C=CC=C. The Labute approximate surface area is 84.7 Å². The standard InChI is InChI=1S/C4H8.C4H6.C3H6.C2H4/c1-4(2)3;1-3-4-2;1-3-2;1-2/h1H2,2-3H3;3-4H,1-2H2;3H,1H2,2H3;1-2H2. The lowest BCUT2D eigenvalue weighted by molar-refractivity contribution is 1.42. The zero-order valence-electron chi connectivity index (χ0n) is 9.47. The molecular weight excluding hydrogens is 156 g/mol. The van der Waals surface area contributed by atoms with Crippen molar-refractivity contribution in [1.29, 1.82) is 0 Å². The molecule has 0 saturated carbocycles. The van der Waals surface area contributed by atoms with Crippen LogP contribution in [0.2, 0.25) is 0 Å². The van der Waals surface area contributed by atoms with Crippen LogP contribution in [0.4, 0.5) is 0 Å². The molecule has 0 aliphatic heterocycles. The molecule has 0 unspecified atom stereocenters. The molecule has 0 aromatic heterocycles. The van der Waals surface area contributed by atoms with Crippen molar-refractivity contribution in [3.63, 3.8) is 0 Å². The Kier molecular flexibility index (Phi) is 79.2. The molecule has 76 valence electrons. The Morgan fingerprint density at radius 3 is 1.00 bits per heavy atom. The van der Waals surface area contributed by atoms with Crippen LogP contribution in [-0.4, -0.2) is 0 Å². The Balaban J connectivity index is -0.0000000431. The van der Waals surface area contributed by atoms with Crippen molar-refractivity contribution in [3.8, 4) is 0 Å². The fraction of sp³-hybridized carbons (Fsp3) is 0.231. The third kappa shape index (κ3) is 9000. The largest absolute Gasteiger partial charge is 0.106 e. The van der Waals surface area contributed by atoms with Gasteiger partial charge in [0.15, 0.2) is 0 Å². The van der Waals surface area contributed by atoms with Crippen LogP contribution in [-0.2, 0) is 0 Å². The van der Waals surface area contributed by atoms with E-state index in [2.05, 4.69) is 39.5 Å². The summed E-state index contributed by atoms with van der Waals surface area (Å²) in [4.78, 5) is 0. The molecule has 0 aromatic carbocycles. The normalized spacial score (nSPS) is 4.85. The number of rotatable bonds is 1. The molecule has 0 heteroatoms. The van der Waals surface area contributed by atoms with Crippen LogP contribution in [0.5, 0.6) is 0 Å². The molecule has 13 heavy (non-hydrogen) atoms. The second kappa shape index (κ2) is 45.6. The molecule has 0 amide bonds. The van der Waals surface area contributed by atoms with Gasteiger partial charge in [0.25, 0.3) is 0 Å². The molecule has 0 rings (SSSR count). The Hall–Kier alpha value is -1.30. The lowest BCUT2D eigenvalue weighted by Gasteiger charge is -1.65. The highest BCUT2D eigenvalue weighted by Gasteiger charge is 1.51. The Bertz CT molecular complexity index is 108. The molecule has 0 nitrogen and oxygen atoms in total. The quantitative estimate of drug-likeness (QED) is 0.396. The van der Waals surface area contributed by atoms with Gasteiger partial charge < -0.3 is 0 Å². The first-order chi connectivity index (χ1) is 6.06. The molecule has 0 saturated heterocycles. The summed E-state index contributed by atoms with van der Waals surface area (Å²) < 4.78 is 0. The zero-order chi connectivity index (χ0) is 11.7. The van der Waals surface area contributed by atoms with Crippen molar-refractivity contribution in [2.45, 2.75) is 20.8 Å². The lowest BCUT2D eigenvalue weighted by Crippen LogP contribution is -1.43. The van der Waals surface area contributed by atoms with Crippen molar-refractivity contribution in [3.05, 3.63) is 63.3 Å². The maximum atomic E-state index is 3.56. The van der Waals surface area contributed by atoms with Crippen molar-refractivity contribution in [2.75, 3.05) is 0 Å². The van der Waals surface area contributed by atoms with Crippen molar-refractivity contribution >= 4 is 0 Å². The monoisotopic (exact) mass is 180 g/mol. The van der Waals surface area contributed by atoms with E-state index >= 15 is 0 Å². The van der Waals surface area contributed by atoms with E-state index in [1.807, 2.05) is 20.8 Å². The van der Waals surface area contributed by atoms with E-state index in [0.717, 1.165) is 0 Å². The van der Waals surface area contributed by atoms with E-state index in [1.54, 1.807) is 18.2 Å². The smallest absolute Gasteiger partial charge is 0.0445 e. The van der Waals surface area contributed by atoms with Gasteiger partial charge in [-0.1, -0.05) is 37.0 Å². The van der Waals surface area contributed by atoms with Crippen molar-refractivity contribution in [1.82, 2.24) is 0 Å². The summed E-state index contributed by atoms with van der Waals surface area (Å²) in [6, 6.07) is 0. The fourth-order valence-electron chi connectivity index (χ4n) is 0. The average Bonchev–Trinajstić information content (AvgIpc) is 2.08. The van der Waals surface area contributed by atoms with Gasteiger partial charge in [-0.15, -0.1) is 26.3 Å². The molecule has 0 heterocycles. The first kappa shape index (κ1) is 22.6. The summed E-state index contributed by atoms with van der Waals surface area (Å²) in [5.41, 5.74) is 1.17. The summed E-state index contributed by atoms with van der Waals surface area (Å²) in [5.74, 6) is 0. The number of hydrogen-bond donors (Lipinski definition) is 0. The van der Waals surface area contributed by atoms with Crippen LogP contribution in [0.3, 0.4) is 0 Å². The van der Waals surface area contributed by atoms with Gasteiger partial charge in [0.2, 0.25) is 0 Å². The molecule has 0 spiro atoms. The summed E-state index contributed by atoms with van der Waals surface area (Å²) in [7, 11) is 0. The highest BCUT2D eigenvalue weighted by molar-refractivity contribution is 4.88. The van der Waals surface area contributed by atoms with Crippen molar-refractivity contribution in [2.24, 2.45) is 0 Å². The van der Waals surface area contributed by atoms with Crippen LogP contribution in [0, 0.1) is 0 Å². The van der Waals surface area contributed by atoms with E-state index in [0.29, 0.717) is 0 Å². The molecule has 0 N–H and O–H groups in total. The molecule has 0 radical (unpaired) electrons. The number of hydrogen-bond acceptors (Lipinski definition) is 0. The average molecular weight is 180 g/mol. The fourth-order valence-corrected chi connectivity index (χ4v) is 0. The van der Waals surface area contributed by atoms with E-state index in [4.69, 9.17) is 0 Å². The van der Waals surface area contributed by atoms with Crippen LogP contribution >= 0.6 is 0 Å². The van der Waals surface area contributed by atoms with Crippen LogP contribution in [0.1, 0.15) is 20.8 Å². The highest BCUT2D eigenvalue weighted by atomic mass is 13.6. The molecule has 0 bridgehead atoms. The predicted octanol–water partition coefficient (Wildman–Crippen LogP) is 4.94. The van der Waals surface area contributed by atoms with Gasteiger partial charge in [-0.2, -0.15) is 0 Å². The van der Waals surface area contributed by atoms with Crippen molar-refractivity contribution < 1.29 is 0 Å². The molecule has 0 aromatic rings. The van der Waals surface area contributed by atoms with E-state index < -0.39 is 0 Å². The van der Waals surface area contributed by atoms with E-state index in [9.17, 15) is 0 Å². The minimum absolute atomic E-state index is 1.17. The Morgan fingerprint density at radius 2 is 1.00 bits per heavy atom. The van der Waals surface area contributed by atoms with Crippen LogP contribution < -0.4 is 0 Å². The maximum Gasteiger partial charge on any atom is -0.0445 e. The first-order valence-corrected chi connectivity index (χ1v) is 3.99. The third-order valence-electron chi connectivity index (χ3n) is 0.167. The highest BCUT2D eigenvalue weighted by Crippen LogP contribution is 1.73. The molecule has 0 fully saturated rings. The second-order valence-corrected chi connectivity index (χ2v) is 2.09. The topological polar surface area (TPSA) is 0 Å². The van der Waals surface area contributed by atoms with E-state index in [-0.39, 0.29) is 0 Å². The van der Waals surface area contributed by atoms with Gasteiger partial charge in [-0.3, -0.25) is 0 Å². The predicted molar refractivity (Wildman–Crippen MR) is 68.0 cm³/mol. The zero-order valence-corrected chi connectivity index (χ0v) is 9.47. The summed E-state index contributed by atoms with van der Waals surface area (Å²) in [6.45, 7) is 25.5. The third-order valence-corrected chi connectivity index (χ3v) is 0.167. The molecule has 0 atom stereocenters. The maximum absolute atomic E-state index is 3.56. The van der Waals surface area contributed by atoms with Gasteiger partial charge in [-0.05, 0) is 20.8 Å². The van der Waals surface area contributed by atoms with Crippen LogP contribution in [0.25, 0.3) is 0 Å². The van der Waals surface area contributed by atoms with E-state index in [1.165, 1.54) is 5.57 Å². The van der Waals surface area contributed by atoms with Gasteiger partial charge >= 0.3 is 0 Å². The summed E-state index contributed by atoms with van der Waals surface area (Å²) >= 11 is 0. The molecule has 0 aliphatic rings. The number of allylic oxidation sites excluding steroid dienone is 4. The van der Waals surface area contributed by atoms with Gasteiger partial charge in [0.05, 0.1) is 0 Å². The minimum Gasteiger partial charge on any atom is -0.106 e. The first-order valence-electron chi connectivity index (χ1n) is 3.99. The van der Waals surface area contributed by atoms with Crippen LogP contribution in [0.15, 0.2) is 63.3 Å². The molecule has 0 aliphatic carbocycles. The summed E-state index contributed by atoms with van der Waals surface area (Å²) in [6.07, 6.45) is 5.03. The van der Waals surface area contributed by atoms with Gasteiger partial charge in [0, 0.05) is 0 Å². The van der Waals surface area contributed by atoms with Gasteiger partial charge in [-0.25, -0.2) is 0 Å². The Morgan fingerprint density at radius 1 is 0.923 bits per heavy atom. The lowest BCUT2D eigenvalue weighted by atomic mass is 10.4. The van der Waals surface area contributed by atoms with Gasteiger partial charge in [0.1, 0.15) is 0 Å². The molecular formula is C13H24.